The Morgan fingerprint density at radius 3 is 2.81 bits per heavy atom. The van der Waals surface area contributed by atoms with Crippen LogP contribution in [0.3, 0.4) is 0 Å². The number of anilines is 1. The molecule has 0 bridgehead atoms. The first-order valence-corrected chi connectivity index (χ1v) is 8.49. The van der Waals surface area contributed by atoms with E-state index in [2.05, 4.69) is 52.2 Å². The Bertz CT molecular complexity index is 659. The van der Waals surface area contributed by atoms with E-state index in [-0.39, 0.29) is 0 Å². The summed E-state index contributed by atoms with van der Waals surface area (Å²) in [6, 6.07) is 12.8. The van der Waals surface area contributed by atoms with Crippen molar-refractivity contribution in [3.05, 3.63) is 56.1 Å². The number of hydrogen-bond acceptors (Lipinski definition) is 2. The molecule has 1 N–H and O–H groups in total. The van der Waals surface area contributed by atoms with Gasteiger partial charge in [-0.2, -0.15) is 0 Å². The first-order valence-electron chi connectivity index (χ1n) is 7.03. The summed E-state index contributed by atoms with van der Waals surface area (Å²) in [5.41, 5.74) is 4.00. The highest BCUT2D eigenvalue weighted by molar-refractivity contribution is 14.1. The lowest BCUT2D eigenvalue weighted by molar-refractivity contribution is 0.413. The lowest BCUT2D eigenvalue weighted by atomic mass is 9.88. The van der Waals surface area contributed by atoms with Gasteiger partial charge in [-0.15, -0.1) is 0 Å². The molecule has 0 heterocycles. The molecular formula is C17H17ClINO. The molecule has 0 aromatic heterocycles. The minimum atomic E-state index is 0.458. The molecule has 110 valence electrons. The van der Waals surface area contributed by atoms with Gasteiger partial charge in [-0.1, -0.05) is 17.7 Å². The van der Waals surface area contributed by atoms with Crippen LogP contribution in [0.1, 0.15) is 17.5 Å². The van der Waals surface area contributed by atoms with Crippen LogP contribution in [-0.2, 0) is 12.8 Å². The van der Waals surface area contributed by atoms with Crippen LogP contribution in [0.4, 0.5) is 5.69 Å². The third-order valence-corrected chi connectivity index (χ3v) is 5.06. The van der Waals surface area contributed by atoms with E-state index < -0.39 is 0 Å². The van der Waals surface area contributed by atoms with Crippen LogP contribution < -0.4 is 10.1 Å². The fraction of sp³-hybridized carbons (Fsp3) is 0.294. The van der Waals surface area contributed by atoms with Crippen LogP contribution in [0.5, 0.6) is 5.75 Å². The number of methoxy groups -OCH3 is 1. The predicted molar refractivity (Wildman–Crippen MR) is 96.6 cm³/mol. The average Bonchev–Trinajstić information content (AvgIpc) is 2.49. The summed E-state index contributed by atoms with van der Waals surface area (Å²) >= 11 is 8.34. The molecule has 2 nitrogen and oxygen atoms in total. The Kier molecular flexibility index (Phi) is 4.60. The number of rotatable bonds is 3. The fourth-order valence-electron chi connectivity index (χ4n) is 2.81. The summed E-state index contributed by atoms with van der Waals surface area (Å²) in [6.07, 6.45) is 3.30. The number of halogens is 2. The second kappa shape index (κ2) is 6.44. The second-order valence-corrected chi connectivity index (χ2v) is 6.94. The molecule has 0 saturated heterocycles. The molecule has 1 atom stereocenters. The molecule has 21 heavy (non-hydrogen) atoms. The van der Waals surface area contributed by atoms with Crippen LogP contribution in [-0.4, -0.2) is 13.2 Å². The maximum absolute atomic E-state index is 6.01. The van der Waals surface area contributed by atoms with E-state index in [4.69, 9.17) is 16.3 Å². The number of ether oxygens (including phenoxy) is 1. The van der Waals surface area contributed by atoms with E-state index in [1.165, 1.54) is 11.1 Å². The summed E-state index contributed by atoms with van der Waals surface area (Å²) in [7, 11) is 1.72. The highest BCUT2D eigenvalue weighted by atomic mass is 127. The quantitative estimate of drug-likeness (QED) is 0.721. The maximum atomic E-state index is 6.01. The van der Waals surface area contributed by atoms with Gasteiger partial charge in [0.25, 0.3) is 0 Å². The van der Waals surface area contributed by atoms with Gasteiger partial charge in [-0.25, -0.2) is 0 Å². The molecule has 0 radical (unpaired) electrons. The van der Waals surface area contributed by atoms with Gasteiger partial charge in [-0.3, -0.25) is 0 Å². The first kappa shape index (κ1) is 15.0. The van der Waals surface area contributed by atoms with Gasteiger partial charge in [0, 0.05) is 20.3 Å². The van der Waals surface area contributed by atoms with Crippen molar-refractivity contribution in [3.8, 4) is 5.75 Å². The predicted octanol–water partition coefficient (Wildman–Crippen LogP) is 4.92. The van der Waals surface area contributed by atoms with Gasteiger partial charge in [0.15, 0.2) is 0 Å². The maximum Gasteiger partial charge on any atom is 0.119 e. The minimum Gasteiger partial charge on any atom is -0.497 e. The van der Waals surface area contributed by atoms with Crippen molar-refractivity contribution in [1.29, 1.82) is 0 Å². The van der Waals surface area contributed by atoms with Crippen LogP contribution in [0.2, 0.25) is 5.02 Å². The minimum absolute atomic E-state index is 0.458. The lowest BCUT2D eigenvalue weighted by Crippen LogP contribution is -2.27. The molecule has 0 fully saturated rings. The highest BCUT2D eigenvalue weighted by Gasteiger charge is 2.19. The van der Waals surface area contributed by atoms with E-state index >= 15 is 0 Å². The van der Waals surface area contributed by atoms with Crippen LogP contribution >= 0.6 is 34.2 Å². The zero-order valence-corrected chi connectivity index (χ0v) is 14.7. The van der Waals surface area contributed by atoms with Crippen molar-refractivity contribution in [2.24, 2.45) is 0 Å². The summed E-state index contributed by atoms with van der Waals surface area (Å²) in [5, 5.41) is 4.43. The van der Waals surface area contributed by atoms with Crippen molar-refractivity contribution in [2.75, 3.05) is 12.4 Å². The molecule has 1 unspecified atom stereocenters. The van der Waals surface area contributed by atoms with Crippen molar-refractivity contribution in [1.82, 2.24) is 0 Å². The Morgan fingerprint density at radius 1 is 1.19 bits per heavy atom. The van der Waals surface area contributed by atoms with Gasteiger partial charge in [0.1, 0.15) is 5.75 Å². The molecule has 1 aliphatic rings. The molecule has 0 aliphatic heterocycles. The van der Waals surface area contributed by atoms with Gasteiger partial charge in [-0.05, 0) is 83.3 Å². The Hall–Kier alpha value is -0.940. The molecule has 0 saturated carbocycles. The normalized spacial score (nSPS) is 17.2. The van der Waals surface area contributed by atoms with Crippen molar-refractivity contribution in [3.63, 3.8) is 0 Å². The van der Waals surface area contributed by atoms with Crippen LogP contribution in [0, 0.1) is 3.57 Å². The number of fused-ring (bicyclic) bond motifs is 1. The zero-order chi connectivity index (χ0) is 14.8. The van der Waals surface area contributed by atoms with E-state index in [9.17, 15) is 0 Å². The van der Waals surface area contributed by atoms with E-state index in [0.29, 0.717) is 6.04 Å². The van der Waals surface area contributed by atoms with Gasteiger partial charge in [0.05, 0.1) is 7.11 Å². The van der Waals surface area contributed by atoms with E-state index in [1.54, 1.807) is 7.11 Å². The Morgan fingerprint density at radius 2 is 2.05 bits per heavy atom. The summed E-state index contributed by atoms with van der Waals surface area (Å²) in [6.45, 7) is 0. The number of nitrogens with one attached hydrogen (secondary N) is 1. The van der Waals surface area contributed by atoms with Crippen LogP contribution in [0.25, 0.3) is 0 Å². The Balaban J connectivity index is 1.76. The molecule has 1 aliphatic carbocycles. The molecule has 2 aromatic rings. The topological polar surface area (TPSA) is 21.3 Å². The highest BCUT2D eigenvalue weighted by Crippen LogP contribution is 2.29. The van der Waals surface area contributed by atoms with Crippen molar-refractivity contribution >= 4 is 39.9 Å². The Labute approximate surface area is 144 Å². The van der Waals surface area contributed by atoms with Gasteiger partial charge < -0.3 is 10.1 Å². The average molecular weight is 414 g/mol. The van der Waals surface area contributed by atoms with E-state index in [0.717, 1.165) is 39.3 Å². The standard InChI is InChI=1S/C17H17ClINO/c1-21-15-6-3-11-2-5-14(8-12(11)9-15)20-17-7-4-13(18)10-16(17)19/h3-4,6-7,9-10,14,20H,2,5,8H2,1H3. The number of aryl methyl sites for hydroxylation is 1. The first-order chi connectivity index (χ1) is 10.2. The summed E-state index contributed by atoms with van der Waals surface area (Å²) in [4.78, 5) is 0. The zero-order valence-electron chi connectivity index (χ0n) is 11.8. The van der Waals surface area contributed by atoms with Crippen molar-refractivity contribution < 1.29 is 4.74 Å². The third-order valence-electron chi connectivity index (χ3n) is 3.93. The summed E-state index contributed by atoms with van der Waals surface area (Å²) in [5.74, 6) is 0.940. The number of benzene rings is 2. The van der Waals surface area contributed by atoms with Gasteiger partial charge in [0.2, 0.25) is 0 Å². The molecule has 4 heteroatoms. The monoisotopic (exact) mass is 413 g/mol. The van der Waals surface area contributed by atoms with Crippen molar-refractivity contribution in [2.45, 2.75) is 25.3 Å². The molecule has 0 spiro atoms. The molecule has 0 amide bonds. The molecule has 2 aromatic carbocycles. The SMILES string of the molecule is COc1ccc2c(c1)CC(Nc1ccc(Cl)cc1I)CC2. The van der Waals surface area contributed by atoms with E-state index in [1.807, 2.05) is 12.1 Å². The molecular weight excluding hydrogens is 397 g/mol. The number of hydrogen-bond donors (Lipinski definition) is 1. The lowest BCUT2D eigenvalue weighted by Gasteiger charge is -2.27. The fourth-order valence-corrected chi connectivity index (χ4v) is 3.84. The third kappa shape index (κ3) is 3.46. The summed E-state index contributed by atoms with van der Waals surface area (Å²) < 4.78 is 6.49. The van der Waals surface area contributed by atoms with Gasteiger partial charge >= 0.3 is 0 Å². The molecule has 3 rings (SSSR count). The largest absolute Gasteiger partial charge is 0.497 e. The van der Waals surface area contributed by atoms with Crippen LogP contribution in [0.15, 0.2) is 36.4 Å². The smallest absolute Gasteiger partial charge is 0.119 e. The second-order valence-electron chi connectivity index (χ2n) is 5.34.